The minimum Gasteiger partial charge on any atom is -0.444 e. The van der Waals surface area contributed by atoms with Gasteiger partial charge in [-0.1, -0.05) is 11.6 Å². The molecule has 0 bridgehead atoms. The third-order valence-corrected chi connectivity index (χ3v) is 5.35. The Morgan fingerprint density at radius 2 is 1.93 bits per heavy atom. The zero-order valence-corrected chi connectivity index (χ0v) is 16.6. The summed E-state index contributed by atoms with van der Waals surface area (Å²) in [6, 6.07) is 5.19. The van der Waals surface area contributed by atoms with Crippen molar-refractivity contribution in [2.75, 3.05) is 5.32 Å². The van der Waals surface area contributed by atoms with E-state index in [1.165, 1.54) is 13.8 Å². The van der Waals surface area contributed by atoms with Gasteiger partial charge < -0.3 is 10.2 Å². The summed E-state index contributed by atoms with van der Waals surface area (Å²) in [5.74, 6) is -1.61. The van der Waals surface area contributed by atoms with Crippen LogP contribution >= 0.6 is 11.6 Å². The zero-order chi connectivity index (χ0) is 20.9. The first kappa shape index (κ1) is 19.1. The predicted octanol–water partition coefficient (Wildman–Crippen LogP) is 3.83. The normalized spacial score (nSPS) is 12.8. The van der Waals surface area contributed by atoms with Gasteiger partial charge in [0.2, 0.25) is 5.88 Å². The van der Waals surface area contributed by atoms with E-state index in [9.17, 15) is 14.4 Å². The molecule has 3 aromatic rings. The maximum atomic E-state index is 13.3. The molecule has 0 unspecified atom stereocenters. The van der Waals surface area contributed by atoms with Crippen LogP contribution in [0.1, 0.15) is 61.4 Å². The van der Waals surface area contributed by atoms with E-state index < -0.39 is 11.8 Å². The summed E-state index contributed by atoms with van der Waals surface area (Å²) in [5, 5.41) is 3.74. The van der Waals surface area contributed by atoms with Gasteiger partial charge in [0.1, 0.15) is 11.3 Å². The van der Waals surface area contributed by atoms with Crippen molar-refractivity contribution in [1.82, 2.24) is 4.98 Å². The molecule has 0 fully saturated rings. The minimum absolute atomic E-state index is 0.0701. The number of benzene rings is 1. The summed E-state index contributed by atoms with van der Waals surface area (Å²) in [6.07, 6.45) is 2.40. The Morgan fingerprint density at radius 1 is 1.17 bits per heavy atom. The summed E-state index contributed by atoms with van der Waals surface area (Å²) in [4.78, 5) is 41.8. The lowest BCUT2D eigenvalue weighted by Gasteiger charge is -2.12. The van der Waals surface area contributed by atoms with Gasteiger partial charge >= 0.3 is 0 Å². The molecule has 1 aromatic carbocycles. The maximum absolute atomic E-state index is 13.3. The number of ketones is 1. The molecule has 2 aromatic heterocycles. The average Bonchev–Trinajstić information content (AvgIpc) is 3.23. The molecule has 3 N–H and O–H groups in total. The molecular weight excluding hydrogens is 394 g/mol. The highest BCUT2D eigenvalue weighted by Crippen LogP contribution is 2.33. The fraction of sp³-hybridized carbons (Fsp3) is 0.238. The fourth-order valence-electron chi connectivity index (χ4n) is 3.95. The molecule has 4 rings (SSSR count). The van der Waals surface area contributed by atoms with E-state index in [1.807, 2.05) is 0 Å². The number of pyridine rings is 1. The number of halogens is 1. The molecule has 0 aliphatic heterocycles. The number of Topliss-reactive ketones (excluding diaryl/α,β-unsaturated/α-hetero) is 1. The molecule has 148 valence electrons. The Kier molecular flexibility index (Phi) is 4.62. The van der Waals surface area contributed by atoms with Crippen LogP contribution in [0.4, 0.5) is 5.88 Å². The van der Waals surface area contributed by atoms with Gasteiger partial charge in [-0.2, -0.15) is 0 Å². The molecule has 0 spiro atoms. The number of rotatable bonds is 4. The molecular formula is C21H18ClN3O4. The van der Waals surface area contributed by atoms with Crippen LogP contribution in [0.5, 0.6) is 0 Å². The van der Waals surface area contributed by atoms with Crippen molar-refractivity contribution in [3.05, 3.63) is 56.9 Å². The van der Waals surface area contributed by atoms with E-state index in [2.05, 4.69) is 10.3 Å². The maximum Gasteiger partial charge on any atom is 0.259 e. The zero-order valence-electron chi connectivity index (χ0n) is 15.9. The number of furan rings is 1. The Bertz CT molecular complexity index is 1210. The standard InChI is InChI=1S/C21H18ClN3O4/c1-9(26)16-10(2)29-21(18(16)19(23)27)25-20(28)17-12-4-3-5-14(12)24-15-7-6-11(22)8-13(15)17/h6-8H,3-5H2,1-2H3,(H2,23,27)(H,25,28). The third-order valence-electron chi connectivity index (χ3n) is 5.11. The summed E-state index contributed by atoms with van der Waals surface area (Å²) in [5.41, 5.74) is 8.23. The summed E-state index contributed by atoms with van der Waals surface area (Å²) < 4.78 is 5.52. The van der Waals surface area contributed by atoms with E-state index in [1.54, 1.807) is 18.2 Å². The number of carbonyl (C=O) groups is 3. The van der Waals surface area contributed by atoms with Crippen LogP contribution in [-0.4, -0.2) is 22.6 Å². The minimum atomic E-state index is -0.852. The van der Waals surface area contributed by atoms with E-state index >= 15 is 0 Å². The summed E-state index contributed by atoms with van der Waals surface area (Å²) in [7, 11) is 0. The first-order chi connectivity index (χ1) is 13.8. The number of nitrogens with two attached hydrogens (primary N) is 1. The Labute approximate surface area is 171 Å². The lowest BCUT2D eigenvalue weighted by molar-refractivity contribution is 0.0974. The number of anilines is 1. The van der Waals surface area contributed by atoms with Crippen LogP contribution in [0, 0.1) is 6.92 Å². The van der Waals surface area contributed by atoms with Crippen LogP contribution in [0.25, 0.3) is 10.9 Å². The van der Waals surface area contributed by atoms with E-state index in [0.29, 0.717) is 27.9 Å². The molecule has 0 radical (unpaired) electrons. The second-order valence-electron chi connectivity index (χ2n) is 7.04. The lowest BCUT2D eigenvalue weighted by Crippen LogP contribution is -2.20. The average molecular weight is 412 g/mol. The number of nitrogens with one attached hydrogen (secondary N) is 1. The highest BCUT2D eigenvalue weighted by atomic mass is 35.5. The molecule has 8 heteroatoms. The molecule has 1 aliphatic carbocycles. The number of aryl methyl sites for hydroxylation is 2. The lowest BCUT2D eigenvalue weighted by atomic mass is 10.0. The second kappa shape index (κ2) is 7.00. The largest absolute Gasteiger partial charge is 0.444 e. The van der Waals surface area contributed by atoms with Gasteiger partial charge in [-0.25, -0.2) is 0 Å². The number of fused-ring (bicyclic) bond motifs is 2. The quantitative estimate of drug-likeness (QED) is 0.633. The van der Waals surface area contributed by atoms with Crippen molar-refractivity contribution >= 4 is 46.0 Å². The monoisotopic (exact) mass is 411 g/mol. The van der Waals surface area contributed by atoms with Crippen molar-refractivity contribution in [3.8, 4) is 0 Å². The predicted molar refractivity (Wildman–Crippen MR) is 109 cm³/mol. The molecule has 29 heavy (non-hydrogen) atoms. The molecule has 0 saturated heterocycles. The SMILES string of the molecule is CC(=O)c1c(C)oc(NC(=O)c2c3c(nc4ccc(Cl)cc24)CCC3)c1C(N)=O. The van der Waals surface area contributed by atoms with Crippen LogP contribution in [0.3, 0.4) is 0 Å². The molecule has 2 heterocycles. The van der Waals surface area contributed by atoms with Crippen molar-refractivity contribution in [2.24, 2.45) is 5.73 Å². The molecule has 7 nitrogen and oxygen atoms in total. The molecule has 0 saturated carbocycles. The van der Waals surface area contributed by atoms with Crippen LogP contribution in [0.2, 0.25) is 5.02 Å². The number of primary amides is 1. The van der Waals surface area contributed by atoms with E-state index in [0.717, 1.165) is 24.1 Å². The Balaban J connectivity index is 1.86. The van der Waals surface area contributed by atoms with Crippen molar-refractivity contribution in [2.45, 2.75) is 33.1 Å². The molecule has 0 atom stereocenters. The highest BCUT2D eigenvalue weighted by molar-refractivity contribution is 6.31. The van der Waals surface area contributed by atoms with Crippen LogP contribution in [-0.2, 0) is 12.8 Å². The number of hydrogen-bond acceptors (Lipinski definition) is 5. The second-order valence-corrected chi connectivity index (χ2v) is 7.48. The number of nitrogens with zero attached hydrogens (tertiary/aromatic N) is 1. The number of amides is 2. The van der Waals surface area contributed by atoms with Gasteiger partial charge in [-0.15, -0.1) is 0 Å². The van der Waals surface area contributed by atoms with Gasteiger partial charge in [0.05, 0.1) is 16.6 Å². The number of hydrogen-bond donors (Lipinski definition) is 2. The third kappa shape index (κ3) is 3.17. The Morgan fingerprint density at radius 3 is 2.62 bits per heavy atom. The van der Waals surface area contributed by atoms with E-state index in [-0.39, 0.29) is 28.6 Å². The van der Waals surface area contributed by atoms with Crippen molar-refractivity contribution in [1.29, 1.82) is 0 Å². The molecule has 1 aliphatic rings. The summed E-state index contributed by atoms with van der Waals surface area (Å²) >= 11 is 6.16. The van der Waals surface area contributed by atoms with Gasteiger partial charge in [-0.05, 0) is 56.9 Å². The fourth-order valence-corrected chi connectivity index (χ4v) is 4.12. The first-order valence-electron chi connectivity index (χ1n) is 9.14. The smallest absolute Gasteiger partial charge is 0.259 e. The van der Waals surface area contributed by atoms with Crippen LogP contribution < -0.4 is 11.1 Å². The first-order valence-corrected chi connectivity index (χ1v) is 9.52. The van der Waals surface area contributed by atoms with Gasteiger partial charge in [0.15, 0.2) is 5.78 Å². The highest BCUT2D eigenvalue weighted by Gasteiger charge is 2.29. The summed E-state index contributed by atoms with van der Waals surface area (Å²) in [6.45, 7) is 2.85. The number of aromatic nitrogens is 1. The van der Waals surface area contributed by atoms with Gasteiger partial charge in [0, 0.05) is 16.1 Å². The molecule has 2 amide bonds. The van der Waals surface area contributed by atoms with Crippen LogP contribution in [0.15, 0.2) is 22.6 Å². The van der Waals surface area contributed by atoms with Gasteiger partial charge in [-0.3, -0.25) is 24.7 Å². The van der Waals surface area contributed by atoms with E-state index in [4.69, 9.17) is 21.8 Å². The van der Waals surface area contributed by atoms with Crippen molar-refractivity contribution < 1.29 is 18.8 Å². The number of carbonyl (C=O) groups excluding carboxylic acids is 3. The Hall–Kier alpha value is -3.19. The topological polar surface area (TPSA) is 115 Å². The van der Waals surface area contributed by atoms with Gasteiger partial charge in [0.25, 0.3) is 11.8 Å². The van der Waals surface area contributed by atoms with Crippen molar-refractivity contribution in [3.63, 3.8) is 0 Å².